The quantitative estimate of drug-likeness (QED) is 0.667. The third kappa shape index (κ3) is 2.62. The summed E-state index contributed by atoms with van der Waals surface area (Å²) in [5.41, 5.74) is 0.729. The number of hydrogen-bond donors (Lipinski definition) is 0. The van der Waals surface area contributed by atoms with E-state index < -0.39 is 0 Å². The highest BCUT2D eigenvalue weighted by atomic mass is 16.1. The Labute approximate surface area is 82.5 Å². The van der Waals surface area contributed by atoms with Crippen molar-refractivity contribution in [1.29, 1.82) is 0 Å². The first-order valence-corrected chi connectivity index (χ1v) is 4.27. The maximum Gasteiger partial charge on any atom is 0.277 e. The number of nitrogens with zero attached hydrogens (tertiary/aromatic N) is 1. The molecule has 0 unspecified atom stereocenters. The molecule has 0 aliphatic carbocycles. The van der Waals surface area contributed by atoms with Crippen LogP contribution in [0.25, 0.3) is 0 Å². The molecule has 0 aliphatic heterocycles. The van der Waals surface area contributed by atoms with Gasteiger partial charge in [0.25, 0.3) is 5.91 Å². The average molecular weight is 189 g/mol. The zero-order valence-corrected chi connectivity index (χ0v) is 8.15. The molecule has 0 spiro atoms. The summed E-state index contributed by atoms with van der Waals surface area (Å²) >= 11 is 0. The van der Waals surface area contributed by atoms with Gasteiger partial charge in [0.15, 0.2) is 5.78 Å². The van der Waals surface area contributed by atoms with Crippen molar-refractivity contribution in [3.63, 3.8) is 0 Å². The van der Waals surface area contributed by atoms with E-state index in [9.17, 15) is 9.59 Å². The molecule has 0 N–H and O–H groups in total. The molecule has 0 saturated carbocycles. The van der Waals surface area contributed by atoms with Gasteiger partial charge in [-0.25, -0.2) is 4.99 Å². The van der Waals surface area contributed by atoms with E-state index in [1.54, 1.807) is 24.3 Å². The number of amides is 1. The predicted octanol–water partition coefficient (Wildman–Crippen LogP) is 1.88. The van der Waals surface area contributed by atoms with Crippen molar-refractivity contribution in [2.24, 2.45) is 4.99 Å². The molecule has 3 heteroatoms. The Morgan fingerprint density at radius 3 is 2.14 bits per heavy atom. The van der Waals surface area contributed by atoms with E-state index in [2.05, 4.69) is 4.99 Å². The number of hydrogen-bond acceptors (Lipinski definition) is 2. The van der Waals surface area contributed by atoms with Crippen molar-refractivity contribution in [2.75, 3.05) is 0 Å². The van der Waals surface area contributed by atoms with Gasteiger partial charge < -0.3 is 0 Å². The number of ketones is 1. The Balaban J connectivity index is 2.88. The van der Waals surface area contributed by atoms with Crippen LogP contribution in [0.2, 0.25) is 0 Å². The van der Waals surface area contributed by atoms with Crippen molar-refractivity contribution in [3.8, 4) is 0 Å². The van der Waals surface area contributed by atoms with Gasteiger partial charge in [0.1, 0.15) is 0 Å². The van der Waals surface area contributed by atoms with Gasteiger partial charge in [-0.15, -0.1) is 0 Å². The lowest BCUT2D eigenvalue weighted by molar-refractivity contribution is -0.111. The number of Topliss-reactive ketones (excluding diaryl/α,β-unsaturated/α-hetero) is 1. The molecule has 0 fully saturated rings. The van der Waals surface area contributed by atoms with Crippen LogP contribution in [0.3, 0.4) is 0 Å². The minimum absolute atomic E-state index is 0.186. The Morgan fingerprint density at radius 1 is 1.07 bits per heavy atom. The van der Waals surface area contributed by atoms with Crippen LogP contribution in [0.1, 0.15) is 24.2 Å². The normalized spacial score (nSPS) is 11.1. The molecule has 0 atom stereocenters. The molecule has 0 saturated heterocycles. The molecule has 1 rings (SSSR count). The zero-order chi connectivity index (χ0) is 10.6. The second-order valence-electron chi connectivity index (χ2n) is 2.92. The highest BCUT2D eigenvalue weighted by Crippen LogP contribution is 2.01. The summed E-state index contributed by atoms with van der Waals surface area (Å²) in [6, 6.07) is 8.66. The van der Waals surface area contributed by atoms with Crippen LogP contribution in [0, 0.1) is 0 Å². The molecule has 1 aromatic carbocycles. The van der Waals surface area contributed by atoms with Gasteiger partial charge in [-0.05, 0) is 19.1 Å². The van der Waals surface area contributed by atoms with Crippen LogP contribution in [0.4, 0.5) is 0 Å². The minimum Gasteiger partial charge on any atom is -0.293 e. The third-order valence-electron chi connectivity index (χ3n) is 1.80. The summed E-state index contributed by atoms with van der Waals surface area (Å²) in [6.07, 6.45) is 0. The Hall–Kier alpha value is -1.77. The van der Waals surface area contributed by atoms with Crippen molar-refractivity contribution in [2.45, 2.75) is 13.8 Å². The Bertz CT molecular complexity index is 380. The molecule has 0 bridgehead atoms. The molecule has 0 aliphatic rings. The number of carbonyl (C=O) groups is 2. The maximum atomic E-state index is 11.4. The summed E-state index contributed by atoms with van der Waals surface area (Å²) in [5, 5.41) is 0. The van der Waals surface area contributed by atoms with Gasteiger partial charge in [-0.2, -0.15) is 0 Å². The van der Waals surface area contributed by atoms with Gasteiger partial charge in [0, 0.05) is 12.5 Å². The van der Waals surface area contributed by atoms with Gasteiger partial charge in [0.2, 0.25) is 0 Å². The molecule has 1 aromatic rings. The standard InChI is InChI=1S/C11H11NO2/c1-8(9(2)13)12-11(14)10-6-4-3-5-7-10/h3-7H,1-2H3. The lowest BCUT2D eigenvalue weighted by atomic mass is 10.2. The average Bonchev–Trinajstić information content (AvgIpc) is 2.19. The second-order valence-corrected chi connectivity index (χ2v) is 2.92. The van der Waals surface area contributed by atoms with Crippen molar-refractivity contribution >= 4 is 17.4 Å². The van der Waals surface area contributed by atoms with Crippen LogP contribution < -0.4 is 0 Å². The fraction of sp³-hybridized carbons (Fsp3) is 0.182. The highest BCUT2D eigenvalue weighted by molar-refractivity contribution is 6.39. The van der Waals surface area contributed by atoms with Crippen LogP contribution >= 0.6 is 0 Å². The molecular formula is C11H11NO2. The topological polar surface area (TPSA) is 46.5 Å². The Morgan fingerprint density at radius 2 is 1.64 bits per heavy atom. The number of aliphatic imine (C=N–C) groups is 1. The summed E-state index contributed by atoms with van der Waals surface area (Å²) < 4.78 is 0. The zero-order valence-electron chi connectivity index (χ0n) is 8.15. The van der Waals surface area contributed by atoms with Crippen LogP contribution in [0.15, 0.2) is 35.3 Å². The first-order chi connectivity index (χ1) is 6.61. The summed E-state index contributed by atoms with van der Waals surface area (Å²) in [5.74, 6) is -0.562. The predicted molar refractivity (Wildman–Crippen MR) is 54.6 cm³/mol. The highest BCUT2D eigenvalue weighted by Gasteiger charge is 2.05. The fourth-order valence-electron chi connectivity index (χ4n) is 0.876. The summed E-state index contributed by atoms with van der Waals surface area (Å²) in [4.78, 5) is 25.9. The largest absolute Gasteiger partial charge is 0.293 e. The minimum atomic E-state index is -0.377. The summed E-state index contributed by atoms with van der Waals surface area (Å²) in [7, 11) is 0. The lowest BCUT2D eigenvalue weighted by Crippen LogP contribution is -2.08. The van der Waals surface area contributed by atoms with Gasteiger partial charge in [0.05, 0.1) is 5.71 Å². The maximum absolute atomic E-state index is 11.4. The lowest BCUT2D eigenvalue weighted by Gasteiger charge is -1.95. The van der Waals surface area contributed by atoms with Crippen LogP contribution in [-0.2, 0) is 4.79 Å². The van der Waals surface area contributed by atoms with Gasteiger partial charge in [-0.3, -0.25) is 9.59 Å². The van der Waals surface area contributed by atoms with E-state index in [1.807, 2.05) is 6.07 Å². The van der Waals surface area contributed by atoms with Gasteiger partial charge in [-0.1, -0.05) is 18.2 Å². The smallest absolute Gasteiger partial charge is 0.277 e. The van der Waals surface area contributed by atoms with E-state index in [1.165, 1.54) is 13.8 Å². The van der Waals surface area contributed by atoms with E-state index in [4.69, 9.17) is 0 Å². The van der Waals surface area contributed by atoms with Crippen molar-refractivity contribution in [3.05, 3.63) is 35.9 Å². The molecule has 1 amide bonds. The van der Waals surface area contributed by atoms with E-state index in [-0.39, 0.29) is 17.4 Å². The van der Waals surface area contributed by atoms with E-state index in [0.29, 0.717) is 5.56 Å². The van der Waals surface area contributed by atoms with E-state index in [0.717, 1.165) is 0 Å². The number of benzene rings is 1. The number of carbonyl (C=O) groups excluding carboxylic acids is 2. The molecular weight excluding hydrogens is 178 g/mol. The number of rotatable bonds is 2. The van der Waals surface area contributed by atoms with Gasteiger partial charge >= 0.3 is 0 Å². The Kier molecular flexibility index (Phi) is 3.29. The SMILES string of the molecule is CC(=O)C(C)=NC(=O)c1ccccc1. The van der Waals surface area contributed by atoms with Crippen molar-refractivity contribution in [1.82, 2.24) is 0 Å². The molecule has 0 heterocycles. The molecule has 3 nitrogen and oxygen atoms in total. The molecule has 0 radical (unpaired) electrons. The first kappa shape index (κ1) is 10.3. The molecule has 14 heavy (non-hydrogen) atoms. The summed E-state index contributed by atoms with van der Waals surface area (Å²) in [6.45, 7) is 2.92. The first-order valence-electron chi connectivity index (χ1n) is 4.27. The third-order valence-corrected chi connectivity index (χ3v) is 1.80. The molecule has 72 valence electrons. The molecule has 0 aromatic heterocycles. The second kappa shape index (κ2) is 4.46. The monoisotopic (exact) mass is 189 g/mol. The fourth-order valence-corrected chi connectivity index (χ4v) is 0.876. The van der Waals surface area contributed by atoms with E-state index >= 15 is 0 Å². The van der Waals surface area contributed by atoms with Crippen LogP contribution in [-0.4, -0.2) is 17.4 Å². The van der Waals surface area contributed by atoms with Crippen molar-refractivity contribution < 1.29 is 9.59 Å². The van der Waals surface area contributed by atoms with Crippen LogP contribution in [0.5, 0.6) is 0 Å².